The average molecular weight is 274 g/mol. The second-order valence-electron chi connectivity index (χ2n) is 3.51. The Morgan fingerprint density at radius 1 is 1.50 bits per heavy atom. The van der Waals surface area contributed by atoms with Crippen molar-refractivity contribution in [3.8, 4) is 0 Å². The van der Waals surface area contributed by atoms with E-state index in [0.717, 1.165) is 0 Å². The number of aliphatic hydroxyl groups is 1. The van der Waals surface area contributed by atoms with Crippen LogP contribution in [0.15, 0.2) is 23.1 Å². The lowest BCUT2D eigenvalue weighted by Crippen LogP contribution is -2.17. The normalized spacial score (nSPS) is 11.1. The third-order valence-corrected chi connectivity index (χ3v) is 3.12. The van der Waals surface area contributed by atoms with Crippen LogP contribution in [0, 0.1) is 6.92 Å². The van der Waals surface area contributed by atoms with Gasteiger partial charge < -0.3 is 9.84 Å². The molecule has 1 aromatic rings. The topological polar surface area (TPSA) is 119 Å². The summed E-state index contributed by atoms with van der Waals surface area (Å²) in [6, 6.07) is 4.27. The number of nitrogens with one attached hydrogen (secondary N) is 1. The van der Waals surface area contributed by atoms with E-state index in [4.69, 9.17) is 10.2 Å². The van der Waals surface area contributed by atoms with Crippen LogP contribution >= 0.6 is 0 Å². The van der Waals surface area contributed by atoms with Crippen LogP contribution in [-0.2, 0) is 14.8 Å². The van der Waals surface area contributed by atoms with E-state index in [9.17, 15) is 13.2 Å². The van der Waals surface area contributed by atoms with Crippen molar-refractivity contribution in [2.45, 2.75) is 11.8 Å². The third-order valence-electron chi connectivity index (χ3n) is 2.07. The van der Waals surface area contributed by atoms with E-state index < -0.39 is 16.1 Å². The number of sulfonamides is 1. The standard InChI is InChI=1S/C10H14N2O5S/c1-7-2-3-8(6-9(7)18(11,15)16)12-10(14)17-5-4-13/h2-3,6,13H,4-5H2,1H3,(H,12,14)(H2,11,15,16). The van der Waals surface area contributed by atoms with Gasteiger partial charge in [-0.15, -0.1) is 0 Å². The van der Waals surface area contributed by atoms with E-state index >= 15 is 0 Å². The summed E-state index contributed by atoms with van der Waals surface area (Å²) in [4.78, 5) is 11.1. The molecule has 0 fully saturated rings. The fourth-order valence-corrected chi connectivity index (χ4v) is 2.08. The summed E-state index contributed by atoms with van der Waals surface area (Å²) in [5.74, 6) is 0. The first kappa shape index (κ1) is 14.4. The number of hydrogen-bond donors (Lipinski definition) is 3. The Kier molecular flexibility index (Phi) is 4.65. The number of benzene rings is 1. The molecule has 100 valence electrons. The number of anilines is 1. The molecular weight excluding hydrogens is 260 g/mol. The molecule has 18 heavy (non-hydrogen) atoms. The highest BCUT2D eigenvalue weighted by molar-refractivity contribution is 7.89. The van der Waals surface area contributed by atoms with Crippen LogP contribution in [0.1, 0.15) is 5.56 Å². The number of amides is 1. The number of carbonyl (C=O) groups excluding carboxylic acids is 1. The highest BCUT2D eigenvalue weighted by atomic mass is 32.2. The van der Waals surface area contributed by atoms with Crippen molar-refractivity contribution in [2.75, 3.05) is 18.5 Å². The summed E-state index contributed by atoms with van der Waals surface area (Å²) in [6.45, 7) is 1.16. The van der Waals surface area contributed by atoms with Gasteiger partial charge in [0.1, 0.15) is 6.61 Å². The summed E-state index contributed by atoms with van der Waals surface area (Å²) in [6.07, 6.45) is -0.784. The van der Waals surface area contributed by atoms with Gasteiger partial charge in [-0.25, -0.2) is 18.4 Å². The molecule has 8 heteroatoms. The predicted octanol–water partition coefficient (Wildman–Crippen LogP) is 0.183. The molecule has 0 saturated heterocycles. The lowest BCUT2D eigenvalue weighted by atomic mass is 10.2. The van der Waals surface area contributed by atoms with E-state index in [0.29, 0.717) is 5.56 Å². The van der Waals surface area contributed by atoms with Gasteiger partial charge in [0.15, 0.2) is 0 Å². The molecule has 0 radical (unpaired) electrons. The average Bonchev–Trinajstić information content (AvgIpc) is 2.27. The highest BCUT2D eigenvalue weighted by Crippen LogP contribution is 2.18. The Labute approximate surface area is 105 Å². The van der Waals surface area contributed by atoms with Gasteiger partial charge >= 0.3 is 6.09 Å². The minimum Gasteiger partial charge on any atom is -0.447 e. The van der Waals surface area contributed by atoms with E-state index in [1.165, 1.54) is 18.2 Å². The molecule has 0 unspecified atom stereocenters. The van der Waals surface area contributed by atoms with Gasteiger partial charge in [0.25, 0.3) is 0 Å². The quantitative estimate of drug-likeness (QED) is 0.723. The molecule has 1 aromatic carbocycles. The lowest BCUT2D eigenvalue weighted by molar-refractivity contribution is 0.131. The summed E-state index contributed by atoms with van der Waals surface area (Å²) in [5.41, 5.74) is 0.722. The molecule has 0 bridgehead atoms. The molecule has 0 heterocycles. The maximum absolute atomic E-state index is 11.3. The highest BCUT2D eigenvalue weighted by Gasteiger charge is 2.13. The van der Waals surface area contributed by atoms with Crippen LogP contribution in [0.4, 0.5) is 10.5 Å². The van der Waals surface area contributed by atoms with E-state index in [-0.39, 0.29) is 23.8 Å². The second kappa shape index (κ2) is 5.80. The maximum atomic E-state index is 11.3. The van der Waals surface area contributed by atoms with Crippen LogP contribution in [0.5, 0.6) is 0 Å². The summed E-state index contributed by atoms with van der Waals surface area (Å²) < 4.78 is 27.1. The number of nitrogens with two attached hydrogens (primary N) is 1. The molecule has 0 atom stereocenters. The van der Waals surface area contributed by atoms with Crippen LogP contribution < -0.4 is 10.5 Å². The van der Waals surface area contributed by atoms with Crippen molar-refractivity contribution < 1.29 is 23.1 Å². The number of aliphatic hydroxyl groups excluding tert-OH is 1. The zero-order valence-corrected chi connectivity index (χ0v) is 10.5. The first-order chi connectivity index (χ1) is 8.34. The molecule has 0 saturated carbocycles. The minimum absolute atomic E-state index is 0.0672. The first-order valence-corrected chi connectivity index (χ1v) is 6.57. The molecular formula is C10H14N2O5S. The summed E-state index contributed by atoms with van der Waals surface area (Å²) in [7, 11) is -3.84. The molecule has 4 N–H and O–H groups in total. The Morgan fingerprint density at radius 2 is 2.17 bits per heavy atom. The smallest absolute Gasteiger partial charge is 0.411 e. The van der Waals surface area contributed by atoms with Gasteiger partial charge in [0.05, 0.1) is 11.5 Å². The van der Waals surface area contributed by atoms with Gasteiger partial charge in [0.2, 0.25) is 10.0 Å². The van der Waals surface area contributed by atoms with Crippen molar-refractivity contribution in [3.63, 3.8) is 0 Å². The van der Waals surface area contributed by atoms with E-state index in [1.54, 1.807) is 6.92 Å². The summed E-state index contributed by atoms with van der Waals surface area (Å²) >= 11 is 0. The maximum Gasteiger partial charge on any atom is 0.411 e. The van der Waals surface area contributed by atoms with Crippen LogP contribution in [0.25, 0.3) is 0 Å². The number of ether oxygens (including phenoxy) is 1. The van der Waals surface area contributed by atoms with Gasteiger partial charge in [-0.1, -0.05) is 6.07 Å². The molecule has 0 aliphatic carbocycles. The van der Waals surface area contributed by atoms with Crippen molar-refractivity contribution >= 4 is 21.8 Å². The van der Waals surface area contributed by atoms with E-state index in [2.05, 4.69) is 10.1 Å². The van der Waals surface area contributed by atoms with Gasteiger partial charge in [-0.2, -0.15) is 0 Å². The largest absolute Gasteiger partial charge is 0.447 e. The molecule has 7 nitrogen and oxygen atoms in total. The van der Waals surface area contributed by atoms with Crippen molar-refractivity contribution in [3.05, 3.63) is 23.8 Å². The number of hydrogen-bond acceptors (Lipinski definition) is 5. The summed E-state index contributed by atoms with van der Waals surface area (Å²) in [5, 5.41) is 15.8. The number of rotatable bonds is 4. The molecule has 0 aliphatic heterocycles. The lowest BCUT2D eigenvalue weighted by Gasteiger charge is -2.08. The van der Waals surface area contributed by atoms with E-state index in [1.807, 2.05) is 0 Å². The molecule has 0 aromatic heterocycles. The zero-order valence-electron chi connectivity index (χ0n) is 9.71. The third kappa shape index (κ3) is 3.99. The van der Waals surface area contributed by atoms with Crippen molar-refractivity contribution in [2.24, 2.45) is 5.14 Å². The molecule has 0 aliphatic rings. The number of primary sulfonamides is 1. The first-order valence-electron chi connectivity index (χ1n) is 5.02. The minimum atomic E-state index is -3.84. The Hall–Kier alpha value is -1.64. The van der Waals surface area contributed by atoms with Crippen LogP contribution in [0.2, 0.25) is 0 Å². The Morgan fingerprint density at radius 3 is 2.72 bits per heavy atom. The van der Waals surface area contributed by atoms with Gasteiger partial charge in [-0.05, 0) is 24.6 Å². The zero-order chi connectivity index (χ0) is 13.8. The Balaban J connectivity index is 2.90. The van der Waals surface area contributed by atoms with Gasteiger partial charge in [0, 0.05) is 5.69 Å². The van der Waals surface area contributed by atoms with Crippen LogP contribution in [0.3, 0.4) is 0 Å². The molecule has 1 amide bonds. The SMILES string of the molecule is Cc1ccc(NC(=O)OCCO)cc1S(N)(=O)=O. The number of aryl methyl sites for hydroxylation is 1. The van der Waals surface area contributed by atoms with Crippen LogP contribution in [-0.4, -0.2) is 32.8 Å². The van der Waals surface area contributed by atoms with Crippen molar-refractivity contribution in [1.29, 1.82) is 0 Å². The fourth-order valence-electron chi connectivity index (χ4n) is 1.28. The number of carbonyl (C=O) groups is 1. The molecule has 1 rings (SSSR count). The second-order valence-corrected chi connectivity index (χ2v) is 5.04. The fraction of sp³-hybridized carbons (Fsp3) is 0.300. The monoisotopic (exact) mass is 274 g/mol. The molecule has 0 spiro atoms. The predicted molar refractivity (Wildman–Crippen MR) is 64.6 cm³/mol. The van der Waals surface area contributed by atoms with Crippen molar-refractivity contribution in [1.82, 2.24) is 0 Å². The Bertz CT molecular complexity index is 541. The van der Waals surface area contributed by atoms with Gasteiger partial charge in [-0.3, -0.25) is 5.32 Å².